The molecule has 1 atom stereocenters. The average molecular weight is 278 g/mol. The van der Waals surface area contributed by atoms with E-state index in [2.05, 4.69) is 10.4 Å². The van der Waals surface area contributed by atoms with Gasteiger partial charge in [0.2, 0.25) is 0 Å². The summed E-state index contributed by atoms with van der Waals surface area (Å²) in [7, 11) is 0. The van der Waals surface area contributed by atoms with Gasteiger partial charge in [0, 0.05) is 28.1 Å². The summed E-state index contributed by atoms with van der Waals surface area (Å²) in [4.78, 5) is 4.67. The molecule has 1 aromatic carbocycles. The largest absolute Gasteiger partial charge is 0.398 e. The Morgan fingerprint density at radius 2 is 2.22 bits per heavy atom. The molecular formula is C13H14N2OS2. The van der Waals surface area contributed by atoms with Crippen LogP contribution in [0.25, 0.3) is 11.3 Å². The van der Waals surface area contributed by atoms with Gasteiger partial charge in [-0.2, -0.15) is 11.8 Å². The van der Waals surface area contributed by atoms with E-state index in [4.69, 9.17) is 10.5 Å². The van der Waals surface area contributed by atoms with Crippen LogP contribution in [0.1, 0.15) is 11.1 Å². The molecule has 18 heavy (non-hydrogen) atoms. The van der Waals surface area contributed by atoms with Crippen LogP contribution in [0.15, 0.2) is 29.6 Å². The van der Waals surface area contributed by atoms with E-state index in [1.807, 2.05) is 36.0 Å². The molecule has 94 valence electrons. The summed E-state index contributed by atoms with van der Waals surface area (Å²) >= 11 is 3.58. The number of nitrogens with zero attached hydrogens (tertiary/aromatic N) is 1. The number of benzene rings is 1. The van der Waals surface area contributed by atoms with Gasteiger partial charge in [-0.15, -0.1) is 11.3 Å². The molecule has 0 amide bonds. The lowest BCUT2D eigenvalue weighted by Crippen LogP contribution is -2.15. The molecule has 2 aromatic rings. The van der Waals surface area contributed by atoms with Crippen molar-refractivity contribution < 1.29 is 4.74 Å². The second-order valence-electron chi connectivity index (χ2n) is 4.09. The minimum absolute atomic E-state index is 0.146. The van der Waals surface area contributed by atoms with Gasteiger partial charge in [0.1, 0.15) is 11.1 Å². The maximum Gasteiger partial charge on any atom is 0.123 e. The first-order chi connectivity index (χ1) is 8.84. The Morgan fingerprint density at radius 1 is 1.33 bits per heavy atom. The first-order valence-corrected chi connectivity index (χ1v) is 7.87. The van der Waals surface area contributed by atoms with E-state index >= 15 is 0 Å². The van der Waals surface area contributed by atoms with Crippen molar-refractivity contribution in [2.75, 3.05) is 23.8 Å². The molecule has 0 saturated carbocycles. The number of thiazole rings is 1. The number of nitrogen functional groups attached to an aromatic ring is 1. The maximum absolute atomic E-state index is 5.97. The highest BCUT2D eigenvalue weighted by atomic mass is 32.2. The molecule has 5 heteroatoms. The summed E-state index contributed by atoms with van der Waals surface area (Å²) < 4.78 is 5.74. The van der Waals surface area contributed by atoms with E-state index in [1.54, 1.807) is 11.3 Å². The molecule has 0 radical (unpaired) electrons. The molecule has 0 aliphatic carbocycles. The fourth-order valence-electron chi connectivity index (χ4n) is 1.92. The van der Waals surface area contributed by atoms with Crippen LogP contribution >= 0.6 is 23.1 Å². The maximum atomic E-state index is 5.97. The van der Waals surface area contributed by atoms with Crippen LogP contribution in [0, 0.1) is 0 Å². The van der Waals surface area contributed by atoms with Gasteiger partial charge in [-0.1, -0.05) is 18.2 Å². The number of hydrogen-bond acceptors (Lipinski definition) is 5. The van der Waals surface area contributed by atoms with E-state index in [0.29, 0.717) is 0 Å². The average Bonchev–Trinajstić information content (AvgIpc) is 2.90. The van der Waals surface area contributed by atoms with Crippen LogP contribution in [0.2, 0.25) is 0 Å². The van der Waals surface area contributed by atoms with Gasteiger partial charge in [-0.25, -0.2) is 4.98 Å². The number of nitrogens with two attached hydrogens (primary N) is 1. The third-order valence-corrected chi connectivity index (χ3v) is 4.78. The molecule has 1 aromatic heterocycles. The number of hydrogen-bond donors (Lipinski definition) is 1. The lowest BCUT2D eigenvalue weighted by molar-refractivity contribution is 0.0756. The van der Waals surface area contributed by atoms with Crippen molar-refractivity contribution in [3.05, 3.63) is 34.7 Å². The molecule has 0 bridgehead atoms. The molecule has 3 rings (SSSR count). The summed E-state index contributed by atoms with van der Waals surface area (Å²) in [5.41, 5.74) is 8.70. The topological polar surface area (TPSA) is 48.1 Å². The lowest BCUT2D eigenvalue weighted by atomic mass is 10.1. The van der Waals surface area contributed by atoms with Gasteiger partial charge in [-0.3, -0.25) is 0 Å². The summed E-state index contributed by atoms with van der Waals surface area (Å²) in [5.74, 6) is 2.08. The minimum Gasteiger partial charge on any atom is -0.398 e. The summed E-state index contributed by atoms with van der Waals surface area (Å²) in [5, 5.41) is 3.12. The van der Waals surface area contributed by atoms with Gasteiger partial charge in [0.05, 0.1) is 12.3 Å². The quantitative estimate of drug-likeness (QED) is 0.857. The highest BCUT2D eigenvalue weighted by Crippen LogP contribution is 2.33. The third kappa shape index (κ3) is 2.39. The molecule has 1 fully saturated rings. The number of rotatable bonds is 2. The molecule has 1 aliphatic heterocycles. The molecular weight excluding hydrogens is 264 g/mol. The predicted octanol–water partition coefficient (Wildman–Crippen LogP) is 3.20. The molecule has 1 aliphatic rings. The Bertz CT molecular complexity index is 535. The molecule has 0 spiro atoms. The highest BCUT2D eigenvalue weighted by molar-refractivity contribution is 7.99. The molecule has 1 saturated heterocycles. The second kappa shape index (κ2) is 5.30. The number of anilines is 1. The van der Waals surface area contributed by atoms with E-state index in [-0.39, 0.29) is 6.10 Å². The van der Waals surface area contributed by atoms with Crippen LogP contribution in [0.3, 0.4) is 0 Å². The van der Waals surface area contributed by atoms with Crippen molar-refractivity contribution in [1.29, 1.82) is 0 Å². The fourth-order valence-corrected chi connectivity index (χ4v) is 3.74. The van der Waals surface area contributed by atoms with E-state index in [0.717, 1.165) is 40.1 Å². The smallest absolute Gasteiger partial charge is 0.123 e. The zero-order chi connectivity index (χ0) is 12.4. The Morgan fingerprint density at radius 3 is 3.00 bits per heavy atom. The van der Waals surface area contributed by atoms with Crippen LogP contribution in [-0.4, -0.2) is 23.1 Å². The molecule has 3 nitrogen and oxygen atoms in total. The lowest BCUT2D eigenvalue weighted by Gasteiger charge is -2.19. The Balaban J connectivity index is 1.87. The molecule has 2 heterocycles. The van der Waals surface area contributed by atoms with Crippen molar-refractivity contribution in [1.82, 2.24) is 4.98 Å². The van der Waals surface area contributed by atoms with Gasteiger partial charge in [0.15, 0.2) is 0 Å². The van der Waals surface area contributed by atoms with Crippen molar-refractivity contribution in [3.8, 4) is 11.3 Å². The van der Waals surface area contributed by atoms with Crippen LogP contribution in [0.4, 0.5) is 5.69 Å². The van der Waals surface area contributed by atoms with E-state index in [9.17, 15) is 0 Å². The van der Waals surface area contributed by atoms with E-state index < -0.39 is 0 Å². The standard InChI is InChI=1S/C13H14N2OS2/c14-10-4-2-1-3-9(10)11-7-18-13(15-11)12-8-17-6-5-16-12/h1-4,7,12H,5-6,8,14H2. The number of thioether (sulfide) groups is 1. The normalized spacial score (nSPS) is 19.9. The van der Waals surface area contributed by atoms with Crippen molar-refractivity contribution in [2.24, 2.45) is 0 Å². The Labute approximate surface area is 114 Å². The zero-order valence-electron chi connectivity index (χ0n) is 9.83. The summed E-state index contributed by atoms with van der Waals surface area (Å²) in [6.07, 6.45) is 0.146. The summed E-state index contributed by atoms with van der Waals surface area (Å²) in [6, 6.07) is 7.83. The Hall–Kier alpha value is -1.04. The first kappa shape index (κ1) is 12.0. The monoisotopic (exact) mass is 278 g/mol. The number of aromatic nitrogens is 1. The minimum atomic E-state index is 0.146. The second-order valence-corrected chi connectivity index (χ2v) is 6.13. The van der Waals surface area contributed by atoms with Crippen LogP contribution < -0.4 is 5.73 Å². The van der Waals surface area contributed by atoms with Gasteiger partial charge in [-0.05, 0) is 6.07 Å². The Kier molecular flexibility index (Phi) is 3.54. The molecule has 1 unspecified atom stereocenters. The van der Waals surface area contributed by atoms with Gasteiger partial charge >= 0.3 is 0 Å². The van der Waals surface area contributed by atoms with Crippen molar-refractivity contribution >= 4 is 28.8 Å². The van der Waals surface area contributed by atoms with Crippen LogP contribution in [0.5, 0.6) is 0 Å². The zero-order valence-corrected chi connectivity index (χ0v) is 11.5. The van der Waals surface area contributed by atoms with Crippen molar-refractivity contribution in [3.63, 3.8) is 0 Å². The van der Waals surface area contributed by atoms with Crippen LogP contribution in [-0.2, 0) is 4.74 Å². The number of para-hydroxylation sites is 1. The van der Waals surface area contributed by atoms with E-state index in [1.165, 1.54) is 0 Å². The van der Waals surface area contributed by atoms with Gasteiger partial charge < -0.3 is 10.5 Å². The summed E-state index contributed by atoms with van der Waals surface area (Å²) in [6.45, 7) is 0.817. The molecule has 2 N–H and O–H groups in total. The highest BCUT2D eigenvalue weighted by Gasteiger charge is 2.20. The first-order valence-electron chi connectivity index (χ1n) is 5.84. The predicted molar refractivity (Wildman–Crippen MR) is 78.0 cm³/mol. The fraction of sp³-hybridized carbons (Fsp3) is 0.308. The SMILES string of the molecule is Nc1ccccc1-c1csc(C2CSCCO2)n1. The van der Waals surface area contributed by atoms with Gasteiger partial charge in [0.25, 0.3) is 0 Å². The van der Waals surface area contributed by atoms with Crippen molar-refractivity contribution in [2.45, 2.75) is 6.10 Å². The third-order valence-electron chi connectivity index (χ3n) is 2.85. The number of ether oxygens (including phenoxy) is 1.